The van der Waals surface area contributed by atoms with E-state index in [9.17, 15) is 4.79 Å². The summed E-state index contributed by atoms with van der Waals surface area (Å²) in [5.74, 6) is 0.749. The lowest BCUT2D eigenvalue weighted by molar-refractivity contribution is -0.118. The third-order valence-corrected chi connectivity index (χ3v) is 2.59. The quantitative estimate of drug-likeness (QED) is 0.600. The summed E-state index contributed by atoms with van der Waals surface area (Å²) < 4.78 is 0. The maximum atomic E-state index is 11.6. The monoisotopic (exact) mass is 234 g/mol. The van der Waals surface area contributed by atoms with E-state index in [0.29, 0.717) is 24.5 Å². The molecule has 0 saturated heterocycles. The van der Waals surface area contributed by atoms with E-state index in [1.165, 1.54) is 11.1 Å². The summed E-state index contributed by atoms with van der Waals surface area (Å²) in [5, 5.41) is 0. The van der Waals surface area contributed by atoms with E-state index in [0.717, 1.165) is 5.57 Å². The fourth-order valence-electron chi connectivity index (χ4n) is 1.74. The van der Waals surface area contributed by atoms with Crippen LogP contribution < -0.4 is 0 Å². The first-order valence-electron chi connectivity index (χ1n) is 6.44. The van der Waals surface area contributed by atoms with Crippen LogP contribution in [-0.2, 0) is 4.79 Å². The fourth-order valence-corrected chi connectivity index (χ4v) is 1.74. The molecule has 0 atom stereocenters. The molecule has 0 spiro atoms. The fraction of sp³-hybridized carbons (Fsp3) is 0.562. The standard InChI is InChI=1S/C16H26O/c1-7-9-14(11-15(17)8-2)16(13(5)6)10-12(3)4/h7,9-10,13H,8,11H2,1-6H3. The molecule has 1 nitrogen and oxygen atoms in total. The zero-order chi connectivity index (χ0) is 13.4. The Bertz CT molecular complexity index is 337. The van der Waals surface area contributed by atoms with Crippen molar-refractivity contribution in [1.29, 1.82) is 0 Å². The second kappa shape index (κ2) is 8.05. The summed E-state index contributed by atoms with van der Waals surface area (Å²) in [5.41, 5.74) is 3.72. The van der Waals surface area contributed by atoms with Gasteiger partial charge in [0.15, 0.2) is 0 Å². The van der Waals surface area contributed by atoms with Gasteiger partial charge in [-0.3, -0.25) is 4.79 Å². The highest BCUT2D eigenvalue weighted by Crippen LogP contribution is 2.22. The number of rotatable bonds is 6. The second-order valence-corrected chi connectivity index (χ2v) is 4.93. The van der Waals surface area contributed by atoms with Gasteiger partial charge in [-0.15, -0.1) is 0 Å². The lowest BCUT2D eigenvalue weighted by Gasteiger charge is -2.13. The molecule has 0 aliphatic heterocycles. The highest BCUT2D eigenvalue weighted by atomic mass is 16.1. The topological polar surface area (TPSA) is 17.1 Å². The molecule has 0 heterocycles. The van der Waals surface area contributed by atoms with Crippen LogP contribution in [0.2, 0.25) is 0 Å². The third-order valence-electron chi connectivity index (χ3n) is 2.59. The molecular weight excluding hydrogens is 208 g/mol. The smallest absolute Gasteiger partial charge is 0.137 e. The van der Waals surface area contributed by atoms with E-state index < -0.39 is 0 Å². The van der Waals surface area contributed by atoms with Crippen LogP contribution in [0.4, 0.5) is 0 Å². The van der Waals surface area contributed by atoms with E-state index in [2.05, 4.69) is 39.8 Å². The molecule has 0 aromatic heterocycles. The Kier molecular flexibility index (Phi) is 7.53. The van der Waals surface area contributed by atoms with Crippen molar-refractivity contribution in [3.8, 4) is 0 Å². The van der Waals surface area contributed by atoms with Gasteiger partial charge in [-0.1, -0.05) is 44.6 Å². The molecule has 0 aromatic carbocycles. The van der Waals surface area contributed by atoms with Gasteiger partial charge in [-0.25, -0.2) is 0 Å². The second-order valence-electron chi connectivity index (χ2n) is 4.93. The molecule has 0 unspecified atom stereocenters. The highest BCUT2D eigenvalue weighted by molar-refractivity contribution is 5.81. The van der Waals surface area contributed by atoms with Crippen molar-refractivity contribution >= 4 is 5.78 Å². The van der Waals surface area contributed by atoms with Crippen molar-refractivity contribution in [2.24, 2.45) is 5.92 Å². The summed E-state index contributed by atoms with van der Waals surface area (Å²) in [4.78, 5) is 11.6. The van der Waals surface area contributed by atoms with E-state index in [4.69, 9.17) is 0 Å². The zero-order valence-corrected chi connectivity index (χ0v) is 12.1. The van der Waals surface area contributed by atoms with E-state index in [-0.39, 0.29) is 0 Å². The maximum Gasteiger partial charge on any atom is 0.137 e. The van der Waals surface area contributed by atoms with Crippen molar-refractivity contribution in [3.05, 3.63) is 34.9 Å². The Balaban J connectivity index is 5.42. The maximum absolute atomic E-state index is 11.6. The first-order valence-corrected chi connectivity index (χ1v) is 6.44. The Morgan fingerprint density at radius 2 is 1.82 bits per heavy atom. The van der Waals surface area contributed by atoms with Crippen LogP contribution in [0.5, 0.6) is 0 Å². The minimum atomic E-state index is 0.304. The Morgan fingerprint density at radius 1 is 1.24 bits per heavy atom. The van der Waals surface area contributed by atoms with Crippen LogP contribution >= 0.6 is 0 Å². The van der Waals surface area contributed by atoms with Gasteiger partial charge >= 0.3 is 0 Å². The summed E-state index contributed by atoms with van der Waals surface area (Å²) >= 11 is 0. The summed E-state index contributed by atoms with van der Waals surface area (Å²) in [7, 11) is 0. The molecule has 96 valence electrons. The van der Waals surface area contributed by atoms with Crippen LogP contribution in [0.25, 0.3) is 0 Å². The van der Waals surface area contributed by atoms with Crippen LogP contribution in [0, 0.1) is 5.92 Å². The molecule has 0 fully saturated rings. The average Bonchev–Trinajstić information content (AvgIpc) is 2.24. The Hall–Kier alpha value is -1.11. The molecule has 17 heavy (non-hydrogen) atoms. The molecule has 0 aliphatic rings. The minimum absolute atomic E-state index is 0.304. The number of hydrogen-bond donors (Lipinski definition) is 0. The summed E-state index contributed by atoms with van der Waals surface area (Å²) in [6.07, 6.45) is 7.45. The van der Waals surface area contributed by atoms with Gasteiger partial charge in [-0.2, -0.15) is 0 Å². The average molecular weight is 234 g/mol. The predicted molar refractivity (Wildman–Crippen MR) is 76.0 cm³/mol. The van der Waals surface area contributed by atoms with Gasteiger partial charge in [0.1, 0.15) is 5.78 Å². The van der Waals surface area contributed by atoms with Crippen molar-refractivity contribution in [1.82, 2.24) is 0 Å². The lowest BCUT2D eigenvalue weighted by atomic mass is 9.92. The van der Waals surface area contributed by atoms with Gasteiger partial charge in [0.2, 0.25) is 0 Å². The van der Waals surface area contributed by atoms with Gasteiger partial charge in [0.25, 0.3) is 0 Å². The van der Waals surface area contributed by atoms with Gasteiger partial charge in [0, 0.05) is 12.8 Å². The van der Waals surface area contributed by atoms with Gasteiger partial charge < -0.3 is 0 Å². The van der Waals surface area contributed by atoms with E-state index in [1.54, 1.807) is 0 Å². The molecule has 1 heteroatoms. The zero-order valence-electron chi connectivity index (χ0n) is 12.1. The summed E-state index contributed by atoms with van der Waals surface area (Å²) in [6, 6.07) is 0. The van der Waals surface area contributed by atoms with E-state index >= 15 is 0 Å². The Morgan fingerprint density at radius 3 is 2.18 bits per heavy atom. The molecule has 0 aliphatic carbocycles. The molecule has 0 aromatic rings. The lowest BCUT2D eigenvalue weighted by Crippen LogP contribution is -2.02. The van der Waals surface area contributed by atoms with Crippen LogP contribution in [-0.4, -0.2) is 5.78 Å². The largest absolute Gasteiger partial charge is 0.299 e. The predicted octanol–water partition coefficient (Wildman–Crippen LogP) is 4.85. The number of carbonyl (C=O) groups excluding carboxylic acids is 1. The molecule has 0 amide bonds. The first-order chi connectivity index (χ1) is 7.92. The number of carbonyl (C=O) groups is 1. The van der Waals surface area contributed by atoms with Crippen LogP contribution in [0.15, 0.2) is 34.9 Å². The van der Waals surface area contributed by atoms with Crippen molar-refractivity contribution in [3.63, 3.8) is 0 Å². The molecule has 0 bridgehead atoms. The molecule has 0 radical (unpaired) electrons. The first kappa shape index (κ1) is 15.9. The molecular formula is C16H26O. The minimum Gasteiger partial charge on any atom is -0.299 e. The number of ketones is 1. The van der Waals surface area contributed by atoms with Gasteiger partial charge in [-0.05, 0) is 37.8 Å². The van der Waals surface area contributed by atoms with Crippen molar-refractivity contribution in [2.75, 3.05) is 0 Å². The Labute approximate surface area is 106 Å². The number of allylic oxidation sites excluding steroid dienone is 6. The SMILES string of the molecule is CC=CC(CC(=O)CC)=C(C=C(C)C)C(C)C. The number of Topliss-reactive ketones (excluding diaryl/α,β-unsaturated/α-hetero) is 1. The highest BCUT2D eigenvalue weighted by Gasteiger charge is 2.09. The number of hydrogen-bond acceptors (Lipinski definition) is 1. The van der Waals surface area contributed by atoms with Crippen molar-refractivity contribution < 1.29 is 4.79 Å². The van der Waals surface area contributed by atoms with E-state index in [1.807, 2.05) is 19.9 Å². The van der Waals surface area contributed by atoms with Crippen LogP contribution in [0.3, 0.4) is 0 Å². The van der Waals surface area contributed by atoms with Crippen molar-refractivity contribution in [2.45, 2.75) is 54.4 Å². The van der Waals surface area contributed by atoms with Gasteiger partial charge in [0.05, 0.1) is 0 Å². The molecule has 0 saturated carbocycles. The molecule has 0 rings (SSSR count). The summed E-state index contributed by atoms with van der Waals surface area (Å²) in [6.45, 7) is 12.5. The normalized spacial score (nSPS) is 12.9. The molecule has 0 N–H and O–H groups in total. The third kappa shape index (κ3) is 6.25. The van der Waals surface area contributed by atoms with Crippen LogP contribution in [0.1, 0.15) is 54.4 Å².